The molecule has 250 valence electrons. The molecule has 0 aromatic heterocycles. The first-order chi connectivity index (χ1) is 20.8. The van der Waals surface area contributed by atoms with Crippen molar-refractivity contribution in [1.29, 1.82) is 0 Å². The molecule has 0 saturated carbocycles. The van der Waals surface area contributed by atoms with Crippen LogP contribution in [0, 0.1) is 0 Å². The van der Waals surface area contributed by atoms with E-state index in [0.717, 1.165) is 0 Å². The fourth-order valence-electron chi connectivity index (χ4n) is 6.89. The van der Waals surface area contributed by atoms with Gasteiger partial charge < -0.3 is 9.80 Å². The number of nitrogens with zero attached hydrogens (tertiary/aromatic N) is 2. The molecule has 0 amide bonds. The Hall–Kier alpha value is -0.660. The highest BCUT2D eigenvalue weighted by atomic mass is 15.4. The van der Waals surface area contributed by atoms with Gasteiger partial charge in [0.2, 0.25) is 0 Å². The molecule has 1 aliphatic heterocycles. The Morgan fingerprint density at radius 1 is 0.310 bits per heavy atom. The molecular formula is C40H80N2. The molecule has 1 unspecified atom stereocenters. The summed E-state index contributed by atoms with van der Waals surface area (Å²) >= 11 is 0. The van der Waals surface area contributed by atoms with E-state index in [1.54, 1.807) is 0 Å². The summed E-state index contributed by atoms with van der Waals surface area (Å²) in [5, 5.41) is 0. The van der Waals surface area contributed by atoms with Crippen molar-refractivity contribution in [3.8, 4) is 0 Å². The molecule has 0 aliphatic carbocycles. The van der Waals surface area contributed by atoms with E-state index < -0.39 is 0 Å². The number of rotatable bonds is 34. The Morgan fingerprint density at radius 3 is 0.833 bits per heavy atom. The van der Waals surface area contributed by atoms with Crippen LogP contribution >= 0.6 is 0 Å². The van der Waals surface area contributed by atoms with Crippen molar-refractivity contribution < 1.29 is 0 Å². The topological polar surface area (TPSA) is 6.48 Å². The molecule has 0 spiro atoms. The van der Waals surface area contributed by atoms with E-state index in [-0.39, 0.29) is 0 Å². The standard InChI is InChI=1S/C40H80N2/c1-4-7-10-13-16-18-20-21-22-23-24-26-28-31-34-37-42-39-38-41(36-33-30-15-12-9-6-3)40(42)35-32-29-27-25-19-17-14-11-8-5-2/h38-40H,4-37H2,1-3H3. The van der Waals surface area contributed by atoms with Gasteiger partial charge in [0.05, 0.1) is 0 Å². The highest BCUT2D eigenvalue weighted by molar-refractivity contribution is 4.97. The van der Waals surface area contributed by atoms with Gasteiger partial charge in [0.15, 0.2) is 0 Å². The minimum atomic E-state index is 0.640. The predicted octanol–water partition coefficient (Wildman–Crippen LogP) is 13.9. The highest BCUT2D eigenvalue weighted by Gasteiger charge is 2.24. The fourth-order valence-corrected chi connectivity index (χ4v) is 6.89. The molecule has 0 fully saturated rings. The molecule has 1 rings (SSSR count). The summed E-state index contributed by atoms with van der Waals surface area (Å²) in [5.41, 5.74) is 0. The Labute approximate surface area is 267 Å². The van der Waals surface area contributed by atoms with Crippen LogP contribution in [0.25, 0.3) is 0 Å². The van der Waals surface area contributed by atoms with E-state index in [9.17, 15) is 0 Å². The van der Waals surface area contributed by atoms with Crippen LogP contribution in [0.15, 0.2) is 12.4 Å². The number of hydrogen-bond donors (Lipinski definition) is 0. The Bertz CT molecular complexity index is 544. The maximum absolute atomic E-state index is 2.72. The second kappa shape index (κ2) is 31.8. The summed E-state index contributed by atoms with van der Waals surface area (Å²) in [6.07, 6.45) is 51.4. The van der Waals surface area contributed by atoms with Crippen LogP contribution in [0.3, 0.4) is 0 Å². The molecule has 0 radical (unpaired) electrons. The highest BCUT2D eigenvalue weighted by Crippen LogP contribution is 2.24. The monoisotopic (exact) mass is 589 g/mol. The average molecular weight is 589 g/mol. The van der Waals surface area contributed by atoms with Gasteiger partial charge in [0.1, 0.15) is 6.17 Å². The lowest BCUT2D eigenvalue weighted by Crippen LogP contribution is -2.39. The van der Waals surface area contributed by atoms with E-state index in [1.165, 1.54) is 219 Å². The molecule has 0 bridgehead atoms. The van der Waals surface area contributed by atoms with Crippen LogP contribution in [-0.2, 0) is 0 Å². The second-order valence-corrected chi connectivity index (χ2v) is 13.9. The largest absolute Gasteiger partial charge is 0.356 e. The summed E-state index contributed by atoms with van der Waals surface area (Å²) in [6.45, 7) is 9.48. The van der Waals surface area contributed by atoms with E-state index in [1.807, 2.05) is 0 Å². The van der Waals surface area contributed by atoms with Gasteiger partial charge in [-0.3, -0.25) is 0 Å². The quantitative estimate of drug-likeness (QED) is 0.0690. The molecular weight excluding hydrogens is 508 g/mol. The SMILES string of the molecule is CCCCCCCCCCCCCCCCCN1C=CN(CCCCCCCC)C1CCCCCCCCCCCC. The lowest BCUT2D eigenvalue weighted by Gasteiger charge is -2.33. The molecule has 0 N–H and O–H groups in total. The van der Waals surface area contributed by atoms with Gasteiger partial charge in [0, 0.05) is 25.5 Å². The van der Waals surface area contributed by atoms with Gasteiger partial charge in [-0.25, -0.2) is 0 Å². The summed E-state index contributed by atoms with van der Waals surface area (Å²) in [4.78, 5) is 5.42. The van der Waals surface area contributed by atoms with Crippen LogP contribution in [0.4, 0.5) is 0 Å². The summed E-state index contributed by atoms with van der Waals surface area (Å²) < 4.78 is 0. The van der Waals surface area contributed by atoms with Gasteiger partial charge >= 0.3 is 0 Å². The van der Waals surface area contributed by atoms with Crippen LogP contribution in [-0.4, -0.2) is 29.1 Å². The Kier molecular flexibility index (Phi) is 29.8. The molecule has 0 aromatic carbocycles. The van der Waals surface area contributed by atoms with E-state index in [4.69, 9.17) is 0 Å². The summed E-state index contributed by atoms with van der Waals surface area (Å²) in [7, 11) is 0. The van der Waals surface area contributed by atoms with E-state index in [0.29, 0.717) is 6.17 Å². The Morgan fingerprint density at radius 2 is 0.548 bits per heavy atom. The molecule has 1 heterocycles. The molecule has 42 heavy (non-hydrogen) atoms. The van der Waals surface area contributed by atoms with Crippen molar-refractivity contribution in [3.05, 3.63) is 12.4 Å². The third-order valence-corrected chi connectivity index (χ3v) is 9.82. The van der Waals surface area contributed by atoms with Crippen molar-refractivity contribution in [3.63, 3.8) is 0 Å². The zero-order valence-corrected chi connectivity index (χ0v) is 29.7. The average Bonchev–Trinajstić information content (AvgIpc) is 3.38. The van der Waals surface area contributed by atoms with Crippen LogP contribution < -0.4 is 0 Å². The van der Waals surface area contributed by atoms with Crippen LogP contribution in [0.1, 0.15) is 226 Å². The third kappa shape index (κ3) is 23.8. The lowest BCUT2D eigenvalue weighted by atomic mass is 10.0. The Balaban J connectivity index is 2.16. The third-order valence-electron chi connectivity index (χ3n) is 9.82. The lowest BCUT2D eigenvalue weighted by molar-refractivity contribution is 0.135. The first-order valence-corrected chi connectivity index (χ1v) is 20.0. The number of hydrogen-bond acceptors (Lipinski definition) is 2. The number of unbranched alkanes of at least 4 members (excludes halogenated alkanes) is 28. The minimum absolute atomic E-state index is 0.640. The predicted molar refractivity (Wildman–Crippen MR) is 191 cm³/mol. The molecule has 2 nitrogen and oxygen atoms in total. The van der Waals surface area contributed by atoms with Crippen molar-refractivity contribution in [2.24, 2.45) is 0 Å². The molecule has 2 heteroatoms. The van der Waals surface area contributed by atoms with Crippen molar-refractivity contribution in [2.75, 3.05) is 13.1 Å². The zero-order valence-electron chi connectivity index (χ0n) is 29.7. The first-order valence-electron chi connectivity index (χ1n) is 20.0. The van der Waals surface area contributed by atoms with Crippen molar-refractivity contribution >= 4 is 0 Å². The molecule has 1 atom stereocenters. The van der Waals surface area contributed by atoms with Gasteiger partial charge in [-0.1, -0.05) is 201 Å². The van der Waals surface area contributed by atoms with E-state index >= 15 is 0 Å². The van der Waals surface area contributed by atoms with Crippen LogP contribution in [0.2, 0.25) is 0 Å². The van der Waals surface area contributed by atoms with Crippen molar-refractivity contribution in [2.45, 2.75) is 232 Å². The fraction of sp³-hybridized carbons (Fsp3) is 0.950. The van der Waals surface area contributed by atoms with Crippen molar-refractivity contribution in [1.82, 2.24) is 9.80 Å². The maximum Gasteiger partial charge on any atom is 0.101 e. The molecule has 1 aliphatic rings. The first kappa shape index (κ1) is 39.4. The second-order valence-electron chi connectivity index (χ2n) is 13.9. The molecule has 0 saturated heterocycles. The smallest absolute Gasteiger partial charge is 0.101 e. The zero-order chi connectivity index (χ0) is 30.2. The summed E-state index contributed by atoms with van der Waals surface area (Å²) in [6, 6.07) is 0. The maximum atomic E-state index is 2.72. The molecule has 0 aromatic rings. The van der Waals surface area contributed by atoms with Gasteiger partial charge in [-0.05, 0) is 25.7 Å². The van der Waals surface area contributed by atoms with Gasteiger partial charge in [-0.15, -0.1) is 0 Å². The normalized spacial score (nSPS) is 15.0. The van der Waals surface area contributed by atoms with Crippen LogP contribution in [0.5, 0.6) is 0 Å². The van der Waals surface area contributed by atoms with Gasteiger partial charge in [0.25, 0.3) is 0 Å². The van der Waals surface area contributed by atoms with E-state index in [2.05, 4.69) is 43.0 Å². The van der Waals surface area contributed by atoms with Gasteiger partial charge in [-0.2, -0.15) is 0 Å². The summed E-state index contributed by atoms with van der Waals surface area (Å²) in [5.74, 6) is 0. The minimum Gasteiger partial charge on any atom is -0.356 e.